The van der Waals surface area contributed by atoms with Gasteiger partial charge in [0.2, 0.25) is 0 Å². The number of anilines is 1. The molecule has 1 fully saturated rings. The van der Waals surface area contributed by atoms with Gasteiger partial charge in [-0.1, -0.05) is 32.0 Å². The Morgan fingerprint density at radius 2 is 2.04 bits per heavy atom. The van der Waals surface area contributed by atoms with E-state index in [9.17, 15) is 10.1 Å². The molecule has 2 aliphatic rings. The van der Waals surface area contributed by atoms with Crippen LogP contribution in [0.2, 0.25) is 0 Å². The fraction of sp³-hybridized carbons (Fsp3) is 0.474. The first-order chi connectivity index (χ1) is 10.9. The van der Waals surface area contributed by atoms with Crippen molar-refractivity contribution in [3.63, 3.8) is 0 Å². The van der Waals surface area contributed by atoms with Gasteiger partial charge in [0.1, 0.15) is 11.7 Å². The monoisotopic (exact) mass is 310 g/mol. The lowest BCUT2D eigenvalue weighted by atomic mass is 9.69. The van der Waals surface area contributed by atoms with Crippen molar-refractivity contribution in [1.82, 2.24) is 0 Å². The van der Waals surface area contributed by atoms with E-state index in [1.165, 1.54) is 11.3 Å². The zero-order valence-electron chi connectivity index (χ0n) is 13.9. The number of benzene rings is 1. The Kier molecular flexibility index (Phi) is 3.77. The molecule has 1 spiro atoms. The van der Waals surface area contributed by atoms with Crippen molar-refractivity contribution in [1.29, 1.82) is 5.26 Å². The molecule has 0 bridgehead atoms. The van der Waals surface area contributed by atoms with Crippen LogP contribution in [0, 0.1) is 23.7 Å². The van der Waals surface area contributed by atoms with Crippen molar-refractivity contribution < 1.29 is 9.53 Å². The minimum atomic E-state index is -0.575. The van der Waals surface area contributed by atoms with Crippen molar-refractivity contribution in [2.24, 2.45) is 5.41 Å². The highest BCUT2D eigenvalue weighted by Gasteiger charge is 2.48. The first kappa shape index (κ1) is 15.8. The Labute approximate surface area is 137 Å². The average molecular weight is 310 g/mol. The third-order valence-electron chi connectivity index (χ3n) is 4.79. The molecule has 1 unspecified atom stereocenters. The van der Waals surface area contributed by atoms with Gasteiger partial charge in [-0.2, -0.15) is 5.26 Å². The van der Waals surface area contributed by atoms with Crippen LogP contribution < -0.4 is 4.90 Å². The first-order valence-corrected chi connectivity index (χ1v) is 7.99. The summed E-state index contributed by atoms with van der Waals surface area (Å²) < 4.78 is 6.09. The molecule has 1 atom stereocenters. The lowest BCUT2D eigenvalue weighted by molar-refractivity contribution is -0.130. The number of nitriles is 1. The molecule has 4 nitrogen and oxygen atoms in total. The molecule has 1 aromatic rings. The molecular formula is C19H22N2O2. The van der Waals surface area contributed by atoms with E-state index in [0.29, 0.717) is 19.6 Å². The molecule has 0 amide bonds. The second-order valence-corrected chi connectivity index (χ2v) is 7.18. The molecule has 1 heterocycles. The summed E-state index contributed by atoms with van der Waals surface area (Å²) in [5, 5.41) is 9.33. The molecule has 0 aromatic heterocycles. The van der Waals surface area contributed by atoms with Crippen LogP contribution in [-0.2, 0) is 9.53 Å². The SMILES string of the molecule is Cc1ccccc1N1CCOC2(C=C(C#N)C(=O)C(C)(C)C2)C1. The van der Waals surface area contributed by atoms with Gasteiger partial charge in [-0.3, -0.25) is 4.79 Å². The summed E-state index contributed by atoms with van der Waals surface area (Å²) in [6, 6.07) is 10.3. The van der Waals surface area contributed by atoms with E-state index in [4.69, 9.17) is 4.74 Å². The Bertz CT molecular complexity index is 714. The van der Waals surface area contributed by atoms with Crippen LogP contribution >= 0.6 is 0 Å². The van der Waals surface area contributed by atoms with E-state index in [2.05, 4.69) is 30.0 Å². The number of Topliss-reactive ketones (excluding diaryl/α,β-unsaturated/α-hetero) is 1. The van der Waals surface area contributed by atoms with Crippen LogP contribution in [0.4, 0.5) is 5.69 Å². The number of morpholine rings is 1. The summed E-state index contributed by atoms with van der Waals surface area (Å²) in [5.74, 6) is -0.0813. The molecule has 0 N–H and O–H groups in total. The highest BCUT2D eigenvalue weighted by molar-refractivity contribution is 6.04. The minimum Gasteiger partial charge on any atom is -0.367 e. The summed E-state index contributed by atoms with van der Waals surface area (Å²) in [5.41, 5.74) is 1.50. The summed E-state index contributed by atoms with van der Waals surface area (Å²) in [6.45, 7) is 7.97. The van der Waals surface area contributed by atoms with Gasteiger partial charge in [-0.15, -0.1) is 0 Å². The molecule has 1 aliphatic heterocycles. The molecule has 1 aliphatic carbocycles. The van der Waals surface area contributed by atoms with E-state index in [1.54, 1.807) is 6.08 Å². The number of hydrogen-bond acceptors (Lipinski definition) is 4. The molecule has 3 rings (SSSR count). The quantitative estimate of drug-likeness (QED) is 0.800. The third-order valence-corrected chi connectivity index (χ3v) is 4.79. The first-order valence-electron chi connectivity index (χ1n) is 7.99. The van der Waals surface area contributed by atoms with Crippen molar-refractivity contribution in [3.05, 3.63) is 41.5 Å². The number of aryl methyl sites for hydroxylation is 1. The number of carbonyl (C=O) groups excluding carboxylic acids is 1. The number of ether oxygens (including phenoxy) is 1. The number of para-hydroxylation sites is 1. The normalized spacial score (nSPS) is 26.8. The van der Waals surface area contributed by atoms with E-state index in [1.807, 2.05) is 26.0 Å². The Hall–Kier alpha value is -2.12. The topological polar surface area (TPSA) is 53.3 Å². The van der Waals surface area contributed by atoms with Crippen LogP contribution in [0.25, 0.3) is 0 Å². The van der Waals surface area contributed by atoms with Crippen LogP contribution in [0.15, 0.2) is 35.9 Å². The van der Waals surface area contributed by atoms with Gasteiger partial charge in [0.25, 0.3) is 0 Å². The number of ketones is 1. The summed E-state index contributed by atoms with van der Waals surface area (Å²) in [7, 11) is 0. The standard InChI is InChI=1S/C19H22N2O2/c1-14-6-4-5-7-16(14)21-8-9-23-19(13-21)10-15(11-20)17(22)18(2,3)12-19/h4-7,10H,8-9,12-13H2,1-3H3. The van der Waals surface area contributed by atoms with Gasteiger partial charge >= 0.3 is 0 Å². The van der Waals surface area contributed by atoms with Crippen molar-refractivity contribution in [2.75, 3.05) is 24.6 Å². The number of carbonyl (C=O) groups is 1. The molecule has 1 saturated heterocycles. The van der Waals surface area contributed by atoms with Crippen LogP contribution in [-0.4, -0.2) is 31.1 Å². The highest BCUT2D eigenvalue weighted by atomic mass is 16.5. The van der Waals surface area contributed by atoms with Gasteiger partial charge < -0.3 is 9.64 Å². The maximum absolute atomic E-state index is 12.3. The number of hydrogen-bond donors (Lipinski definition) is 0. The highest BCUT2D eigenvalue weighted by Crippen LogP contribution is 2.42. The Morgan fingerprint density at radius 1 is 1.30 bits per heavy atom. The second kappa shape index (κ2) is 5.50. The fourth-order valence-corrected chi connectivity index (χ4v) is 3.78. The number of nitrogens with zero attached hydrogens (tertiary/aromatic N) is 2. The maximum Gasteiger partial charge on any atom is 0.178 e. The van der Waals surface area contributed by atoms with Crippen LogP contribution in [0.5, 0.6) is 0 Å². The molecular weight excluding hydrogens is 288 g/mol. The zero-order valence-corrected chi connectivity index (χ0v) is 13.9. The lowest BCUT2D eigenvalue weighted by Gasteiger charge is -2.47. The maximum atomic E-state index is 12.3. The van der Waals surface area contributed by atoms with Crippen LogP contribution in [0.1, 0.15) is 25.8 Å². The average Bonchev–Trinajstić information content (AvgIpc) is 2.51. The largest absolute Gasteiger partial charge is 0.367 e. The van der Waals surface area contributed by atoms with Crippen LogP contribution in [0.3, 0.4) is 0 Å². The van der Waals surface area contributed by atoms with Gasteiger partial charge in [-0.25, -0.2) is 0 Å². The third kappa shape index (κ3) is 2.77. The molecule has 120 valence electrons. The van der Waals surface area contributed by atoms with Crippen molar-refractivity contribution in [3.8, 4) is 6.07 Å². The second-order valence-electron chi connectivity index (χ2n) is 7.18. The Morgan fingerprint density at radius 3 is 2.74 bits per heavy atom. The van der Waals surface area contributed by atoms with E-state index >= 15 is 0 Å². The van der Waals surface area contributed by atoms with Gasteiger partial charge in [0.05, 0.1) is 18.7 Å². The fourth-order valence-electron chi connectivity index (χ4n) is 3.78. The summed E-state index contributed by atoms with van der Waals surface area (Å²) in [4.78, 5) is 14.7. The molecule has 0 radical (unpaired) electrons. The summed E-state index contributed by atoms with van der Waals surface area (Å²) >= 11 is 0. The molecule has 1 aromatic carbocycles. The number of rotatable bonds is 1. The van der Waals surface area contributed by atoms with Crippen molar-refractivity contribution in [2.45, 2.75) is 32.8 Å². The predicted molar refractivity (Wildman–Crippen MR) is 89.2 cm³/mol. The van der Waals surface area contributed by atoms with E-state index in [-0.39, 0.29) is 11.4 Å². The minimum absolute atomic E-state index is 0.0813. The number of allylic oxidation sites excluding steroid dienone is 1. The lowest BCUT2D eigenvalue weighted by Crippen LogP contribution is -2.56. The van der Waals surface area contributed by atoms with Gasteiger partial charge in [0.15, 0.2) is 5.78 Å². The van der Waals surface area contributed by atoms with Gasteiger partial charge in [-0.05, 0) is 31.1 Å². The molecule has 4 heteroatoms. The molecule has 23 heavy (non-hydrogen) atoms. The Balaban J connectivity index is 1.97. The van der Waals surface area contributed by atoms with Crippen molar-refractivity contribution >= 4 is 11.5 Å². The van der Waals surface area contributed by atoms with E-state index < -0.39 is 11.0 Å². The zero-order chi connectivity index (χ0) is 16.7. The van der Waals surface area contributed by atoms with E-state index in [0.717, 1.165) is 6.54 Å². The molecule has 0 saturated carbocycles. The predicted octanol–water partition coefficient (Wildman–Crippen LogP) is 3.02. The smallest absolute Gasteiger partial charge is 0.178 e. The summed E-state index contributed by atoms with van der Waals surface area (Å²) in [6.07, 6.45) is 2.36. The van der Waals surface area contributed by atoms with Gasteiger partial charge in [0, 0.05) is 17.6 Å².